The van der Waals surface area contributed by atoms with Gasteiger partial charge in [0.25, 0.3) is 0 Å². The number of hydrogen-bond acceptors (Lipinski definition) is 2. The zero-order chi connectivity index (χ0) is 10.8. The van der Waals surface area contributed by atoms with Gasteiger partial charge in [-0.15, -0.1) is 0 Å². The second kappa shape index (κ2) is 4.17. The van der Waals surface area contributed by atoms with E-state index in [-0.39, 0.29) is 23.5 Å². The average Bonchev–Trinajstić information content (AvgIpc) is 2.29. The predicted octanol–water partition coefficient (Wildman–Crippen LogP) is 0.692. The topological polar surface area (TPSA) is 53.2 Å². The minimum atomic E-state index is -0.0678. The first-order valence-electron chi connectivity index (χ1n) is 5.19. The smallest absolute Gasteiger partial charge is 0.315 e. The molecule has 3 N–H and O–H groups in total. The van der Waals surface area contributed by atoms with Gasteiger partial charge >= 0.3 is 6.03 Å². The van der Waals surface area contributed by atoms with E-state index < -0.39 is 0 Å². The highest BCUT2D eigenvalue weighted by atomic mass is 16.2. The van der Waals surface area contributed by atoms with E-state index in [0.29, 0.717) is 0 Å². The summed E-state index contributed by atoms with van der Waals surface area (Å²) in [5, 5.41) is 9.10. The predicted molar refractivity (Wildman–Crippen MR) is 57.2 cm³/mol. The van der Waals surface area contributed by atoms with Gasteiger partial charge in [-0.25, -0.2) is 4.79 Å². The highest BCUT2D eigenvalue weighted by Crippen LogP contribution is 2.23. The van der Waals surface area contributed by atoms with Gasteiger partial charge in [0.15, 0.2) is 0 Å². The third-order valence-corrected chi connectivity index (χ3v) is 2.60. The molecule has 1 atom stereocenters. The molecule has 0 aromatic heterocycles. The molecule has 0 aromatic rings. The van der Waals surface area contributed by atoms with Crippen LogP contribution >= 0.6 is 0 Å². The summed E-state index contributed by atoms with van der Waals surface area (Å²) in [6, 6.07) is 0.343. The lowest BCUT2D eigenvalue weighted by Gasteiger charge is -2.27. The standard InChI is InChI=1S/C10H21N3O/c1-7(2)12-9(14)13-8-5-11-6-10(8,3)4/h7-8,11H,5-6H2,1-4H3,(H2,12,13,14). The van der Waals surface area contributed by atoms with Gasteiger partial charge in [0.2, 0.25) is 0 Å². The molecule has 4 nitrogen and oxygen atoms in total. The molecule has 1 aliphatic heterocycles. The van der Waals surface area contributed by atoms with Crippen LogP contribution < -0.4 is 16.0 Å². The Hall–Kier alpha value is -0.770. The van der Waals surface area contributed by atoms with Gasteiger partial charge in [-0.3, -0.25) is 0 Å². The Morgan fingerprint density at radius 3 is 2.57 bits per heavy atom. The Morgan fingerprint density at radius 2 is 2.14 bits per heavy atom. The summed E-state index contributed by atoms with van der Waals surface area (Å²) in [5.74, 6) is 0. The normalized spacial score (nSPS) is 25.1. The average molecular weight is 199 g/mol. The SMILES string of the molecule is CC(C)NC(=O)NC1CNCC1(C)C. The second-order valence-corrected chi connectivity index (χ2v) is 4.94. The fraction of sp³-hybridized carbons (Fsp3) is 0.900. The Morgan fingerprint density at radius 1 is 1.50 bits per heavy atom. The highest BCUT2D eigenvalue weighted by molar-refractivity contribution is 5.74. The minimum Gasteiger partial charge on any atom is -0.336 e. The third kappa shape index (κ3) is 2.87. The zero-order valence-electron chi connectivity index (χ0n) is 9.48. The lowest BCUT2D eigenvalue weighted by atomic mass is 9.88. The zero-order valence-corrected chi connectivity index (χ0v) is 9.48. The maximum absolute atomic E-state index is 11.4. The lowest BCUT2D eigenvalue weighted by molar-refractivity contribution is 0.224. The van der Waals surface area contributed by atoms with Crippen molar-refractivity contribution in [2.24, 2.45) is 5.41 Å². The monoisotopic (exact) mass is 199 g/mol. The van der Waals surface area contributed by atoms with Gasteiger partial charge < -0.3 is 16.0 Å². The Bertz CT molecular complexity index is 213. The Kier molecular flexibility index (Phi) is 3.37. The van der Waals surface area contributed by atoms with Crippen LogP contribution in [0.25, 0.3) is 0 Å². The van der Waals surface area contributed by atoms with Crippen molar-refractivity contribution in [2.45, 2.75) is 39.8 Å². The number of nitrogens with one attached hydrogen (secondary N) is 3. The van der Waals surface area contributed by atoms with Crippen LogP contribution in [0.5, 0.6) is 0 Å². The molecular weight excluding hydrogens is 178 g/mol. The molecule has 1 unspecified atom stereocenters. The highest BCUT2D eigenvalue weighted by Gasteiger charge is 2.35. The molecule has 0 spiro atoms. The first-order valence-corrected chi connectivity index (χ1v) is 5.19. The van der Waals surface area contributed by atoms with E-state index in [9.17, 15) is 4.79 Å². The number of amides is 2. The first kappa shape index (κ1) is 11.3. The van der Waals surface area contributed by atoms with E-state index in [1.54, 1.807) is 0 Å². The van der Waals surface area contributed by atoms with E-state index >= 15 is 0 Å². The van der Waals surface area contributed by atoms with Gasteiger partial charge in [-0.05, 0) is 19.3 Å². The lowest BCUT2D eigenvalue weighted by Crippen LogP contribution is -2.50. The van der Waals surface area contributed by atoms with Crippen LogP contribution in [0, 0.1) is 5.41 Å². The summed E-state index contributed by atoms with van der Waals surface area (Å²) in [5.41, 5.74) is 0.147. The first-order chi connectivity index (χ1) is 6.42. The number of carbonyl (C=O) groups excluding carboxylic acids is 1. The van der Waals surface area contributed by atoms with Crippen LogP contribution in [0.1, 0.15) is 27.7 Å². The van der Waals surface area contributed by atoms with Gasteiger partial charge in [-0.2, -0.15) is 0 Å². The molecule has 4 heteroatoms. The van der Waals surface area contributed by atoms with Crippen LogP contribution in [0.4, 0.5) is 4.79 Å². The van der Waals surface area contributed by atoms with Crippen LogP contribution in [0.15, 0.2) is 0 Å². The number of carbonyl (C=O) groups is 1. The third-order valence-electron chi connectivity index (χ3n) is 2.60. The summed E-state index contributed by atoms with van der Waals surface area (Å²) in [6.07, 6.45) is 0. The molecular formula is C10H21N3O. The molecule has 0 aliphatic carbocycles. The van der Waals surface area contributed by atoms with E-state index in [4.69, 9.17) is 0 Å². The van der Waals surface area contributed by atoms with E-state index in [2.05, 4.69) is 29.8 Å². The summed E-state index contributed by atoms with van der Waals surface area (Å²) in [7, 11) is 0. The molecule has 1 heterocycles. The van der Waals surface area contributed by atoms with Gasteiger partial charge in [-0.1, -0.05) is 13.8 Å². The molecule has 1 fully saturated rings. The number of urea groups is 1. The van der Waals surface area contributed by atoms with Crippen molar-refractivity contribution in [3.8, 4) is 0 Å². The van der Waals surface area contributed by atoms with Gasteiger partial charge in [0, 0.05) is 25.2 Å². The van der Waals surface area contributed by atoms with Crippen LogP contribution in [0.2, 0.25) is 0 Å². The van der Waals surface area contributed by atoms with E-state index in [1.807, 2.05) is 13.8 Å². The molecule has 0 saturated carbocycles. The Balaban J connectivity index is 2.40. The van der Waals surface area contributed by atoms with Crippen LogP contribution in [-0.2, 0) is 0 Å². The largest absolute Gasteiger partial charge is 0.336 e. The molecule has 0 aromatic carbocycles. The van der Waals surface area contributed by atoms with Gasteiger partial charge in [0.05, 0.1) is 0 Å². The van der Waals surface area contributed by atoms with Crippen LogP contribution in [-0.4, -0.2) is 31.2 Å². The van der Waals surface area contributed by atoms with Crippen molar-refractivity contribution in [2.75, 3.05) is 13.1 Å². The summed E-state index contributed by atoms with van der Waals surface area (Å²) < 4.78 is 0. The summed E-state index contributed by atoms with van der Waals surface area (Å²) in [6.45, 7) is 10.0. The maximum atomic E-state index is 11.4. The van der Waals surface area contributed by atoms with Crippen molar-refractivity contribution in [1.82, 2.24) is 16.0 Å². The van der Waals surface area contributed by atoms with Crippen molar-refractivity contribution < 1.29 is 4.79 Å². The van der Waals surface area contributed by atoms with Crippen molar-refractivity contribution in [3.05, 3.63) is 0 Å². The molecule has 0 bridgehead atoms. The molecule has 14 heavy (non-hydrogen) atoms. The minimum absolute atomic E-state index is 0.0678. The van der Waals surface area contributed by atoms with Crippen LogP contribution in [0.3, 0.4) is 0 Å². The fourth-order valence-electron chi connectivity index (χ4n) is 1.65. The van der Waals surface area contributed by atoms with Crippen molar-refractivity contribution in [3.63, 3.8) is 0 Å². The molecule has 0 radical (unpaired) electrons. The summed E-state index contributed by atoms with van der Waals surface area (Å²) >= 11 is 0. The Labute approximate surface area is 85.8 Å². The van der Waals surface area contributed by atoms with E-state index in [1.165, 1.54) is 0 Å². The van der Waals surface area contributed by atoms with Gasteiger partial charge in [0.1, 0.15) is 0 Å². The second-order valence-electron chi connectivity index (χ2n) is 4.94. The fourth-order valence-corrected chi connectivity index (χ4v) is 1.65. The molecule has 82 valence electrons. The molecule has 1 aliphatic rings. The summed E-state index contributed by atoms with van der Waals surface area (Å²) in [4.78, 5) is 11.4. The number of hydrogen-bond donors (Lipinski definition) is 3. The quantitative estimate of drug-likeness (QED) is 0.613. The molecule has 1 saturated heterocycles. The maximum Gasteiger partial charge on any atom is 0.315 e. The van der Waals surface area contributed by atoms with Crippen molar-refractivity contribution >= 4 is 6.03 Å². The molecule has 1 rings (SSSR count). The van der Waals surface area contributed by atoms with Crippen molar-refractivity contribution in [1.29, 1.82) is 0 Å². The van der Waals surface area contributed by atoms with E-state index in [0.717, 1.165) is 13.1 Å². The molecule has 2 amide bonds. The number of rotatable bonds is 2.